The van der Waals surface area contributed by atoms with E-state index in [1.807, 2.05) is 0 Å². The Hall–Kier alpha value is -1.14. The third-order valence-electron chi connectivity index (χ3n) is 3.11. The molecule has 0 aliphatic heterocycles. The molecule has 2 atom stereocenters. The van der Waals surface area contributed by atoms with E-state index < -0.39 is 10.0 Å². The zero-order valence-corrected chi connectivity index (χ0v) is 10.8. The van der Waals surface area contributed by atoms with E-state index in [9.17, 15) is 8.42 Å². The summed E-state index contributed by atoms with van der Waals surface area (Å²) in [4.78, 5) is 4.24. The van der Waals surface area contributed by atoms with E-state index in [0.29, 0.717) is 24.2 Å². The van der Waals surface area contributed by atoms with Crippen LogP contribution < -0.4 is 10.0 Å². The second-order valence-electron chi connectivity index (χ2n) is 4.45. The highest BCUT2D eigenvalue weighted by atomic mass is 32.2. The molecule has 1 aromatic rings. The van der Waals surface area contributed by atoms with E-state index in [-0.39, 0.29) is 4.90 Å². The highest BCUT2D eigenvalue weighted by Gasteiger charge is 2.33. The molecule has 1 saturated carbocycles. The number of rotatable bonds is 5. The van der Waals surface area contributed by atoms with Gasteiger partial charge in [0.05, 0.1) is 4.90 Å². The number of hydrogen-bond donors (Lipinski definition) is 2. The number of anilines is 1. The lowest BCUT2D eigenvalue weighted by Gasteiger charge is -2.07. The summed E-state index contributed by atoms with van der Waals surface area (Å²) in [5, 5.41) is 2.82. The first kappa shape index (κ1) is 12.3. The predicted molar refractivity (Wildman–Crippen MR) is 66.2 cm³/mol. The Morgan fingerprint density at radius 3 is 2.82 bits per heavy atom. The van der Waals surface area contributed by atoms with E-state index in [4.69, 9.17) is 0 Å². The fourth-order valence-electron chi connectivity index (χ4n) is 1.70. The van der Waals surface area contributed by atoms with Crippen molar-refractivity contribution in [3.63, 3.8) is 0 Å². The van der Waals surface area contributed by atoms with Gasteiger partial charge in [-0.1, -0.05) is 6.92 Å². The van der Waals surface area contributed by atoms with Crippen LogP contribution in [0.5, 0.6) is 0 Å². The molecule has 0 amide bonds. The van der Waals surface area contributed by atoms with Crippen LogP contribution in [0.4, 0.5) is 5.82 Å². The van der Waals surface area contributed by atoms with Crippen molar-refractivity contribution in [3.05, 3.63) is 18.3 Å². The van der Waals surface area contributed by atoms with Crippen LogP contribution in [0.3, 0.4) is 0 Å². The lowest BCUT2D eigenvalue weighted by molar-refractivity contribution is 0.574. The lowest BCUT2D eigenvalue weighted by atomic mass is 10.3. The lowest BCUT2D eigenvalue weighted by Crippen LogP contribution is -2.26. The molecule has 2 N–H and O–H groups in total. The van der Waals surface area contributed by atoms with Crippen LogP contribution in [0.2, 0.25) is 0 Å². The molecule has 1 aliphatic carbocycles. The van der Waals surface area contributed by atoms with Gasteiger partial charge in [-0.15, -0.1) is 0 Å². The van der Waals surface area contributed by atoms with Crippen LogP contribution in [-0.4, -0.2) is 27.0 Å². The van der Waals surface area contributed by atoms with Crippen molar-refractivity contribution in [3.8, 4) is 0 Å². The first-order chi connectivity index (χ1) is 8.03. The Balaban J connectivity index is 2.07. The minimum Gasteiger partial charge on any atom is -0.373 e. The Morgan fingerprint density at radius 1 is 1.53 bits per heavy atom. The predicted octanol–water partition coefficient (Wildman–Crippen LogP) is 1.06. The van der Waals surface area contributed by atoms with E-state index in [2.05, 4.69) is 21.9 Å². The molecule has 5 nitrogen and oxygen atoms in total. The molecule has 0 spiro atoms. The minimum atomic E-state index is -3.40. The van der Waals surface area contributed by atoms with Crippen molar-refractivity contribution in [1.29, 1.82) is 0 Å². The molecule has 0 radical (unpaired) electrons. The summed E-state index contributed by atoms with van der Waals surface area (Å²) in [6, 6.07) is 3.03. The first-order valence-corrected chi connectivity index (χ1v) is 7.14. The van der Waals surface area contributed by atoms with Crippen molar-refractivity contribution < 1.29 is 8.42 Å². The van der Waals surface area contributed by atoms with Crippen molar-refractivity contribution in [2.75, 3.05) is 18.9 Å². The molecule has 17 heavy (non-hydrogen) atoms. The average Bonchev–Trinajstić information content (AvgIpc) is 3.03. The molecule has 1 fully saturated rings. The number of aromatic nitrogens is 1. The number of pyridine rings is 1. The molecule has 0 aromatic carbocycles. The minimum absolute atomic E-state index is 0.255. The molecule has 94 valence electrons. The van der Waals surface area contributed by atoms with Crippen molar-refractivity contribution in [2.24, 2.45) is 11.8 Å². The van der Waals surface area contributed by atoms with Gasteiger partial charge in [-0.25, -0.2) is 18.1 Å². The van der Waals surface area contributed by atoms with Crippen molar-refractivity contribution in [1.82, 2.24) is 9.71 Å². The van der Waals surface area contributed by atoms with Crippen LogP contribution in [-0.2, 0) is 10.0 Å². The number of sulfonamides is 1. The van der Waals surface area contributed by atoms with Crippen LogP contribution in [0.15, 0.2) is 23.2 Å². The molecule has 0 saturated heterocycles. The van der Waals surface area contributed by atoms with Crippen LogP contribution in [0, 0.1) is 11.8 Å². The van der Waals surface area contributed by atoms with E-state index >= 15 is 0 Å². The van der Waals surface area contributed by atoms with Gasteiger partial charge in [0.15, 0.2) is 0 Å². The smallest absolute Gasteiger partial charge is 0.240 e. The standard InChI is InChI=1S/C11H17N3O2S/c1-8-5-9(8)7-14-17(15,16)10-3-4-13-11(6-10)12-2/h3-4,6,8-9,14H,5,7H2,1-2H3,(H,12,13). The quantitative estimate of drug-likeness (QED) is 0.825. The number of hydrogen-bond acceptors (Lipinski definition) is 4. The van der Waals surface area contributed by atoms with Gasteiger partial charge in [-0.3, -0.25) is 0 Å². The fourth-order valence-corrected chi connectivity index (χ4v) is 2.81. The zero-order chi connectivity index (χ0) is 12.5. The topological polar surface area (TPSA) is 71.1 Å². The monoisotopic (exact) mass is 255 g/mol. The Bertz CT molecular complexity index is 501. The van der Waals surface area contributed by atoms with Gasteiger partial charge < -0.3 is 5.32 Å². The largest absolute Gasteiger partial charge is 0.373 e. The van der Waals surface area contributed by atoms with Gasteiger partial charge in [0, 0.05) is 25.9 Å². The highest BCUT2D eigenvalue weighted by molar-refractivity contribution is 7.89. The summed E-state index contributed by atoms with van der Waals surface area (Å²) in [5.74, 6) is 1.69. The molecule has 1 aliphatic rings. The molecule has 6 heteroatoms. The van der Waals surface area contributed by atoms with Gasteiger partial charge in [-0.05, 0) is 24.3 Å². The third-order valence-corrected chi connectivity index (χ3v) is 4.53. The SMILES string of the molecule is CNc1cc(S(=O)(=O)NCC2CC2C)ccn1. The van der Waals surface area contributed by atoms with Gasteiger partial charge in [-0.2, -0.15) is 0 Å². The summed E-state index contributed by atoms with van der Waals surface area (Å²) in [7, 11) is -1.69. The van der Waals surface area contributed by atoms with Gasteiger partial charge in [0.25, 0.3) is 0 Å². The molecular weight excluding hydrogens is 238 g/mol. The van der Waals surface area contributed by atoms with E-state index in [0.717, 1.165) is 6.42 Å². The summed E-state index contributed by atoms with van der Waals surface area (Å²) in [5.41, 5.74) is 0. The number of nitrogens with zero attached hydrogens (tertiary/aromatic N) is 1. The Kier molecular flexibility index (Phi) is 3.35. The fraction of sp³-hybridized carbons (Fsp3) is 0.545. The van der Waals surface area contributed by atoms with E-state index in [1.54, 1.807) is 7.05 Å². The second kappa shape index (κ2) is 4.62. The maximum Gasteiger partial charge on any atom is 0.240 e. The Morgan fingerprint density at radius 2 is 2.24 bits per heavy atom. The summed E-state index contributed by atoms with van der Waals surface area (Å²) < 4.78 is 26.6. The maximum absolute atomic E-state index is 12.0. The molecule has 0 bridgehead atoms. The summed E-state index contributed by atoms with van der Waals surface area (Å²) in [6.45, 7) is 2.66. The van der Waals surface area contributed by atoms with Crippen LogP contribution >= 0.6 is 0 Å². The van der Waals surface area contributed by atoms with E-state index in [1.165, 1.54) is 18.3 Å². The van der Waals surface area contributed by atoms with Crippen LogP contribution in [0.25, 0.3) is 0 Å². The van der Waals surface area contributed by atoms with Gasteiger partial charge in [0.2, 0.25) is 10.0 Å². The highest BCUT2D eigenvalue weighted by Crippen LogP contribution is 2.37. The van der Waals surface area contributed by atoms with Crippen LogP contribution in [0.1, 0.15) is 13.3 Å². The average molecular weight is 255 g/mol. The van der Waals surface area contributed by atoms with Crippen molar-refractivity contribution >= 4 is 15.8 Å². The summed E-state index contributed by atoms with van der Waals surface area (Å²) >= 11 is 0. The normalized spacial score (nSPS) is 23.4. The Labute approximate surface area is 102 Å². The third kappa shape index (κ3) is 2.95. The first-order valence-electron chi connectivity index (χ1n) is 5.66. The molecule has 2 unspecified atom stereocenters. The summed E-state index contributed by atoms with van der Waals surface area (Å²) in [6.07, 6.45) is 2.60. The molecule has 1 aromatic heterocycles. The van der Waals surface area contributed by atoms with Gasteiger partial charge >= 0.3 is 0 Å². The zero-order valence-electron chi connectivity index (χ0n) is 9.97. The maximum atomic E-state index is 12.0. The number of nitrogens with one attached hydrogen (secondary N) is 2. The van der Waals surface area contributed by atoms with Gasteiger partial charge in [0.1, 0.15) is 5.82 Å². The van der Waals surface area contributed by atoms with Crippen molar-refractivity contribution in [2.45, 2.75) is 18.2 Å². The second-order valence-corrected chi connectivity index (χ2v) is 6.22. The molecular formula is C11H17N3O2S. The molecule has 2 rings (SSSR count). The molecule has 1 heterocycles.